The molecule has 3 rings (SSSR count). The number of nitrogens with one attached hydrogen (secondary N) is 1. The Morgan fingerprint density at radius 3 is 2.52 bits per heavy atom. The number of fused-ring (bicyclic) bond motifs is 1. The van der Waals surface area contributed by atoms with E-state index in [9.17, 15) is 13.2 Å². The zero-order valence-electron chi connectivity index (χ0n) is 13.8. The van der Waals surface area contributed by atoms with E-state index in [1.807, 2.05) is 30.3 Å². The lowest BCUT2D eigenvalue weighted by Gasteiger charge is -2.18. The summed E-state index contributed by atoms with van der Waals surface area (Å²) in [4.78, 5) is 13.9. The van der Waals surface area contributed by atoms with E-state index >= 15 is 0 Å². The molecule has 0 bridgehead atoms. The Morgan fingerprint density at radius 1 is 1.08 bits per heavy atom. The number of carbonyl (C=O) groups is 1. The van der Waals surface area contributed by atoms with Gasteiger partial charge in [-0.15, -0.1) is 4.40 Å². The van der Waals surface area contributed by atoms with Crippen LogP contribution in [-0.2, 0) is 21.2 Å². The molecule has 0 saturated heterocycles. The monoisotopic (exact) mass is 357 g/mol. The summed E-state index contributed by atoms with van der Waals surface area (Å²) in [5.74, 6) is 0.122. The molecule has 0 atom stereocenters. The highest BCUT2D eigenvalue weighted by atomic mass is 32.2. The Labute approximate surface area is 147 Å². The number of likely N-dealkylation sites (N-methyl/N-ethyl adjacent to an activating group) is 1. The van der Waals surface area contributed by atoms with Gasteiger partial charge in [0.2, 0.25) is 5.91 Å². The summed E-state index contributed by atoms with van der Waals surface area (Å²) < 4.78 is 27.9. The molecule has 25 heavy (non-hydrogen) atoms. The number of amides is 1. The third-order valence-electron chi connectivity index (χ3n) is 3.93. The Hall–Kier alpha value is -2.67. The van der Waals surface area contributed by atoms with Crippen molar-refractivity contribution < 1.29 is 13.2 Å². The SMILES string of the molecule is CN(CC(=O)NCCc1ccccc1)C1=NS(=O)(=O)c2ccccc21. The summed E-state index contributed by atoms with van der Waals surface area (Å²) in [6.45, 7) is 0.565. The fourth-order valence-corrected chi connectivity index (χ4v) is 3.95. The molecular weight excluding hydrogens is 338 g/mol. The molecule has 1 aliphatic heterocycles. The molecule has 0 saturated carbocycles. The van der Waals surface area contributed by atoms with Gasteiger partial charge < -0.3 is 10.2 Å². The van der Waals surface area contributed by atoms with Gasteiger partial charge in [-0.1, -0.05) is 42.5 Å². The van der Waals surface area contributed by atoms with Crippen LogP contribution in [0.25, 0.3) is 0 Å². The molecule has 1 amide bonds. The highest BCUT2D eigenvalue weighted by Crippen LogP contribution is 2.26. The normalized spacial score (nSPS) is 14.5. The standard InChI is InChI=1S/C18H19N3O3S/c1-21(13-17(22)19-12-11-14-7-3-2-4-8-14)18-15-9-5-6-10-16(15)25(23,24)20-18/h2-10H,11-13H2,1H3,(H,19,22). The van der Waals surface area contributed by atoms with Gasteiger partial charge in [-0.05, 0) is 24.1 Å². The Bertz CT molecular complexity index is 908. The molecule has 2 aromatic carbocycles. The van der Waals surface area contributed by atoms with Crippen LogP contribution >= 0.6 is 0 Å². The number of amidine groups is 1. The second-order valence-electron chi connectivity index (χ2n) is 5.83. The molecule has 0 spiro atoms. The maximum atomic E-state index is 12.1. The van der Waals surface area contributed by atoms with Crippen molar-refractivity contribution >= 4 is 21.8 Å². The van der Waals surface area contributed by atoms with Crippen LogP contribution in [0, 0.1) is 0 Å². The maximum Gasteiger partial charge on any atom is 0.285 e. The lowest BCUT2D eigenvalue weighted by Crippen LogP contribution is -2.39. The number of benzene rings is 2. The van der Waals surface area contributed by atoms with Crippen LogP contribution in [0.15, 0.2) is 63.9 Å². The molecule has 0 unspecified atom stereocenters. The van der Waals surface area contributed by atoms with Crippen molar-refractivity contribution in [2.75, 3.05) is 20.1 Å². The number of sulfonamides is 1. The van der Waals surface area contributed by atoms with E-state index in [0.29, 0.717) is 17.9 Å². The summed E-state index contributed by atoms with van der Waals surface area (Å²) in [5.41, 5.74) is 1.68. The first-order valence-corrected chi connectivity index (χ1v) is 9.37. The van der Waals surface area contributed by atoms with E-state index in [0.717, 1.165) is 12.0 Å². The van der Waals surface area contributed by atoms with Gasteiger partial charge in [-0.3, -0.25) is 4.79 Å². The van der Waals surface area contributed by atoms with Crippen LogP contribution in [0.2, 0.25) is 0 Å². The minimum atomic E-state index is -3.67. The molecular formula is C18H19N3O3S. The number of carbonyl (C=O) groups excluding carboxylic acids is 1. The lowest BCUT2D eigenvalue weighted by atomic mass is 10.1. The molecule has 1 N–H and O–H groups in total. The van der Waals surface area contributed by atoms with Gasteiger partial charge in [0.1, 0.15) is 4.90 Å². The van der Waals surface area contributed by atoms with Crippen LogP contribution in [0.3, 0.4) is 0 Å². The highest BCUT2D eigenvalue weighted by molar-refractivity contribution is 7.90. The second-order valence-corrected chi connectivity index (χ2v) is 7.40. The van der Waals surface area contributed by atoms with E-state index in [1.54, 1.807) is 30.1 Å². The van der Waals surface area contributed by atoms with Gasteiger partial charge in [0.05, 0.1) is 6.54 Å². The van der Waals surface area contributed by atoms with Gasteiger partial charge in [0.25, 0.3) is 10.0 Å². The van der Waals surface area contributed by atoms with Gasteiger partial charge in [0.15, 0.2) is 5.84 Å². The van der Waals surface area contributed by atoms with Crippen LogP contribution in [0.4, 0.5) is 0 Å². The minimum Gasteiger partial charge on any atom is -0.354 e. The molecule has 1 heterocycles. The maximum absolute atomic E-state index is 12.1. The van der Waals surface area contributed by atoms with Crippen LogP contribution in [0.1, 0.15) is 11.1 Å². The van der Waals surface area contributed by atoms with Crippen molar-refractivity contribution in [2.45, 2.75) is 11.3 Å². The predicted molar refractivity (Wildman–Crippen MR) is 96.0 cm³/mol. The summed E-state index contributed by atoms with van der Waals surface area (Å²) >= 11 is 0. The summed E-state index contributed by atoms with van der Waals surface area (Å²) in [6.07, 6.45) is 0.744. The number of hydrogen-bond acceptors (Lipinski definition) is 4. The molecule has 0 aliphatic carbocycles. The Kier molecular flexibility index (Phi) is 4.85. The van der Waals surface area contributed by atoms with E-state index < -0.39 is 10.0 Å². The largest absolute Gasteiger partial charge is 0.354 e. The lowest BCUT2D eigenvalue weighted by molar-refractivity contribution is -0.121. The zero-order chi connectivity index (χ0) is 17.9. The van der Waals surface area contributed by atoms with E-state index in [1.165, 1.54) is 6.07 Å². The Morgan fingerprint density at radius 2 is 1.76 bits per heavy atom. The second kappa shape index (κ2) is 7.06. The Balaban J connectivity index is 1.59. The first-order chi connectivity index (χ1) is 12.0. The zero-order valence-corrected chi connectivity index (χ0v) is 14.7. The minimum absolute atomic E-state index is 0.0392. The molecule has 6 nitrogen and oxygen atoms in total. The van der Waals surface area contributed by atoms with Crippen LogP contribution < -0.4 is 5.32 Å². The average Bonchev–Trinajstić information content (AvgIpc) is 2.88. The summed E-state index contributed by atoms with van der Waals surface area (Å²) in [5, 5.41) is 2.85. The smallest absolute Gasteiger partial charge is 0.285 e. The number of hydrogen-bond donors (Lipinski definition) is 1. The van der Waals surface area contributed by atoms with Crippen molar-refractivity contribution in [1.82, 2.24) is 10.2 Å². The number of rotatable bonds is 5. The third kappa shape index (κ3) is 3.88. The summed E-state index contributed by atoms with van der Waals surface area (Å²) in [6, 6.07) is 16.5. The quantitative estimate of drug-likeness (QED) is 0.878. The fraction of sp³-hybridized carbons (Fsp3) is 0.222. The first-order valence-electron chi connectivity index (χ1n) is 7.93. The summed E-state index contributed by atoms with van der Waals surface area (Å²) in [7, 11) is -2.01. The van der Waals surface area contributed by atoms with Crippen molar-refractivity contribution in [3.63, 3.8) is 0 Å². The average molecular weight is 357 g/mol. The van der Waals surface area contributed by atoms with E-state index in [2.05, 4.69) is 9.71 Å². The number of nitrogens with zero attached hydrogens (tertiary/aromatic N) is 2. The topological polar surface area (TPSA) is 78.8 Å². The van der Waals surface area contributed by atoms with Crippen molar-refractivity contribution in [2.24, 2.45) is 4.40 Å². The molecule has 0 radical (unpaired) electrons. The third-order valence-corrected chi connectivity index (χ3v) is 5.26. The molecule has 2 aromatic rings. The predicted octanol–water partition coefficient (Wildman–Crippen LogP) is 1.43. The van der Waals surface area contributed by atoms with Crippen molar-refractivity contribution in [1.29, 1.82) is 0 Å². The molecule has 1 aliphatic rings. The van der Waals surface area contributed by atoms with Gasteiger partial charge >= 0.3 is 0 Å². The molecule has 130 valence electrons. The highest BCUT2D eigenvalue weighted by Gasteiger charge is 2.30. The van der Waals surface area contributed by atoms with Crippen molar-refractivity contribution in [3.8, 4) is 0 Å². The van der Waals surface area contributed by atoms with E-state index in [4.69, 9.17) is 0 Å². The fourth-order valence-electron chi connectivity index (χ4n) is 2.70. The molecule has 0 aromatic heterocycles. The van der Waals surface area contributed by atoms with Crippen LogP contribution in [0.5, 0.6) is 0 Å². The van der Waals surface area contributed by atoms with Crippen molar-refractivity contribution in [3.05, 3.63) is 65.7 Å². The first kappa shape index (κ1) is 17.2. The van der Waals surface area contributed by atoms with E-state index in [-0.39, 0.29) is 17.3 Å². The molecule has 7 heteroatoms. The van der Waals surface area contributed by atoms with Crippen LogP contribution in [-0.4, -0.2) is 45.2 Å². The van der Waals surface area contributed by atoms with Gasteiger partial charge in [-0.2, -0.15) is 8.42 Å². The van der Waals surface area contributed by atoms with Gasteiger partial charge in [0, 0.05) is 19.2 Å². The van der Waals surface area contributed by atoms with Gasteiger partial charge in [-0.25, -0.2) is 0 Å². The molecule has 0 fully saturated rings.